The van der Waals surface area contributed by atoms with E-state index in [2.05, 4.69) is 0 Å². The monoisotopic (exact) mass is 462 g/mol. The van der Waals surface area contributed by atoms with Gasteiger partial charge in [-0.25, -0.2) is 0 Å². The van der Waals surface area contributed by atoms with E-state index in [-0.39, 0.29) is 24.8 Å². The molecule has 0 atom stereocenters. The van der Waals surface area contributed by atoms with Crippen molar-refractivity contribution >= 4 is 52.2 Å². The van der Waals surface area contributed by atoms with Crippen LogP contribution >= 0.6 is 24.0 Å². The Bertz CT molecular complexity index is 880. The second kappa shape index (κ2) is 11.3. The summed E-state index contributed by atoms with van der Waals surface area (Å²) in [7, 11) is 0. The topological polar surface area (TPSA) is 87.1 Å². The van der Waals surface area contributed by atoms with Crippen LogP contribution in [0, 0.1) is 0 Å². The highest BCUT2D eigenvalue weighted by Crippen LogP contribution is 2.34. The smallest absolute Gasteiger partial charge is 0.303 e. The molecular formula is C22H26N2O5S2. The van der Waals surface area contributed by atoms with Crippen molar-refractivity contribution in [2.75, 3.05) is 26.2 Å². The van der Waals surface area contributed by atoms with Gasteiger partial charge in [0.2, 0.25) is 0 Å². The van der Waals surface area contributed by atoms with Crippen LogP contribution in [0.2, 0.25) is 0 Å². The predicted molar refractivity (Wildman–Crippen MR) is 124 cm³/mol. The Morgan fingerprint density at radius 2 is 1.90 bits per heavy atom. The molecule has 0 unspecified atom stereocenters. The number of rotatable bonds is 10. The molecule has 1 N–H and O–H groups in total. The molecule has 0 bridgehead atoms. The van der Waals surface area contributed by atoms with Crippen LogP contribution in [0.5, 0.6) is 5.75 Å². The van der Waals surface area contributed by atoms with Gasteiger partial charge in [0.1, 0.15) is 10.1 Å². The molecule has 166 valence electrons. The number of benzene rings is 1. The summed E-state index contributed by atoms with van der Waals surface area (Å²) in [5.41, 5.74) is 0.721. The Labute approximate surface area is 191 Å². The van der Waals surface area contributed by atoms with Gasteiger partial charge in [0.25, 0.3) is 11.8 Å². The van der Waals surface area contributed by atoms with E-state index in [1.165, 1.54) is 11.8 Å². The zero-order chi connectivity index (χ0) is 22.2. The lowest BCUT2D eigenvalue weighted by molar-refractivity contribution is -0.137. The maximum Gasteiger partial charge on any atom is 0.303 e. The van der Waals surface area contributed by atoms with Gasteiger partial charge >= 0.3 is 5.97 Å². The van der Waals surface area contributed by atoms with Gasteiger partial charge in [-0.2, -0.15) is 0 Å². The SMILES string of the molecule is O=C(O)CCCCCN1C(=O)/C(=C\c2ccccc2OCC(=O)N2CCCC2)SC1=S. The van der Waals surface area contributed by atoms with Crippen molar-refractivity contribution in [2.45, 2.75) is 38.5 Å². The summed E-state index contributed by atoms with van der Waals surface area (Å²) in [6.07, 6.45) is 5.96. The molecule has 1 aromatic carbocycles. The minimum Gasteiger partial charge on any atom is -0.483 e. The average molecular weight is 463 g/mol. The van der Waals surface area contributed by atoms with Crippen LogP contribution in [0.25, 0.3) is 6.08 Å². The number of para-hydroxylation sites is 1. The molecule has 3 rings (SSSR count). The number of hydrogen-bond acceptors (Lipinski definition) is 6. The van der Waals surface area contributed by atoms with E-state index in [9.17, 15) is 14.4 Å². The second-order valence-electron chi connectivity index (χ2n) is 7.45. The number of carboxylic acids is 1. The van der Waals surface area contributed by atoms with E-state index in [4.69, 9.17) is 22.1 Å². The number of nitrogens with zero attached hydrogens (tertiary/aromatic N) is 2. The second-order valence-corrected chi connectivity index (χ2v) is 9.13. The maximum atomic E-state index is 12.8. The van der Waals surface area contributed by atoms with Gasteiger partial charge in [-0.1, -0.05) is 48.6 Å². The van der Waals surface area contributed by atoms with Crippen molar-refractivity contribution in [3.8, 4) is 5.75 Å². The predicted octanol–water partition coefficient (Wildman–Crippen LogP) is 3.53. The number of carbonyl (C=O) groups excluding carboxylic acids is 2. The summed E-state index contributed by atoms with van der Waals surface area (Å²) in [5.74, 6) is -0.441. The van der Waals surface area contributed by atoms with Crippen molar-refractivity contribution in [2.24, 2.45) is 0 Å². The molecule has 2 heterocycles. The lowest BCUT2D eigenvalue weighted by Crippen LogP contribution is -2.32. The fourth-order valence-electron chi connectivity index (χ4n) is 3.49. The van der Waals surface area contributed by atoms with Gasteiger partial charge in [0.15, 0.2) is 6.61 Å². The molecule has 0 aromatic heterocycles. The number of carboxylic acid groups (broad SMARTS) is 1. The Hall–Kier alpha value is -2.39. The minimum atomic E-state index is -0.809. The molecule has 9 heteroatoms. The van der Waals surface area contributed by atoms with E-state index in [0.717, 1.165) is 37.9 Å². The van der Waals surface area contributed by atoms with Crippen LogP contribution in [-0.4, -0.2) is 63.3 Å². The van der Waals surface area contributed by atoms with Crippen LogP contribution in [0.4, 0.5) is 0 Å². The first-order valence-corrected chi connectivity index (χ1v) is 11.6. The molecule has 2 aliphatic rings. The van der Waals surface area contributed by atoms with Gasteiger partial charge in [0.05, 0.1) is 4.91 Å². The summed E-state index contributed by atoms with van der Waals surface area (Å²) in [6, 6.07) is 7.31. The number of aliphatic carboxylic acids is 1. The highest BCUT2D eigenvalue weighted by atomic mass is 32.2. The molecular weight excluding hydrogens is 436 g/mol. The van der Waals surface area contributed by atoms with Gasteiger partial charge in [-0.3, -0.25) is 19.3 Å². The van der Waals surface area contributed by atoms with Crippen LogP contribution in [0.3, 0.4) is 0 Å². The first-order valence-electron chi connectivity index (χ1n) is 10.4. The lowest BCUT2D eigenvalue weighted by atomic mass is 10.1. The highest BCUT2D eigenvalue weighted by Gasteiger charge is 2.31. The van der Waals surface area contributed by atoms with Gasteiger partial charge in [-0.05, 0) is 37.8 Å². The number of hydrogen-bond donors (Lipinski definition) is 1. The van der Waals surface area contributed by atoms with Crippen LogP contribution in [0.1, 0.15) is 44.1 Å². The van der Waals surface area contributed by atoms with Crippen molar-refractivity contribution in [3.63, 3.8) is 0 Å². The zero-order valence-electron chi connectivity index (χ0n) is 17.2. The molecule has 31 heavy (non-hydrogen) atoms. The van der Waals surface area contributed by atoms with Gasteiger partial charge < -0.3 is 14.7 Å². The third-order valence-corrected chi connectivity index (χ3v) is 6.54. The first kappa shape index (κ1) is 23.3. The number of unbranched alkanes of at least 4 members (excludes halogenated alkanes) is 2. The van der Waals surface area contributed by atoms with Gasteiger partial charge in [-0.15, -0.1) is 0 Å². The van der Waals surface area contributed by atoms with Crippen LogP contribution < -0.4 is 4.74 Å². The van der Waals surface area contributed by atoms with E-state index in [1.54, 1.807) is 17.0 Å². The van der Waals surface area contributed by atoms with Crippen molar-refractivity contribution in [1.82, 2.24) is 9.80 Å². The normalized spacial score (nSPS) is 17.6. The number of carbonyl (C=O) groups is 3. The molecule has 1 aromatic rings. The van der Waals surface area contributed by atoms with Crippen molar-refractivity contribution in [3.05, 3.63) is 34.7 Å². The van der Waals surface area contributed by atoms with Crippen molar-refractivity contribution in [1.29, 1.82) is 0 Å². The molecule has 0 radical (unpaired) electrons. The Balaban J connectivity index is 1.59. The third kappa shape index (κ3) is 6.54. The lowest BCUT2D eigenvalue weighted by Gasteiger charge is -2.16. The summed E-state index contributed by atoms with van der Waals surface area (Å²) in [4.78, 5) is 39.5. The average Bonchev–Trinajstić information content (AvgIpc) is 3.37. The first-order chi connectivity index (χ1) is 15.0. The number of likely N-dealkylation sites (tertiary alicyclic amines) is 1. The molecule has 2 aliphatic heterocycles. The summed E-state index contributed by atoms with van der Waals surface area (Å²) >= 11 is 6.60. The van der Waals surface area contributed by atoms with E-state index >= 15 is 0 Å². The largest absolute Gasteiger partial charge is 0.483 e. The number of thiocarbonyl (C=S) groups is 1. The third-order valence-electron chi connectivity index (χ3n) is 5.16. The minimum absolute atomic E-state index is 0.0256. The number of ether oxygens (including phenoxy) is 1. The molecule has 2 fully saturated rings. The summed E-state index contributed by atoms with van der Waals surface area (Å²) in [5, 5.41) is 8.70. The molecule has 2 saturated heterocycles. The Kier molecular flexibility index (Phi) is 8.48. The standard InChI is InChI=1S/C22H26N2O5S2/c25-19(23-11-6-7-12-23)15-29-17-9-4-3-8-16(17)14-18-21(28)24(22(30)31-18)13-5-1-2-10-20(26)27/h3-4,8-9,14H,1-2,5-7,10-13,15H2,(H,26,27)/b18-14+. The Morgan fingerprint density at radius 3 is 2.65 bits per heavy atom. The summed E-state index contributed by atoms with van der Waals surface area (Å²) in [6.45, 7) is 2.01. The van der Waals surface area contributed by atoms with E-state index < -0.39 is 5.97 Å². The molecule has 2 amide bonds. The molecule has 0 aliphatic carbocycles. The fourth-order valence-corrected chi connectivity index (χ4v) is 4.78. The molecule has 0 spiro atoms. The van der Waals surface area contributed by atoms with E-state index in [1.807, 2.05) is 23.1 Å². The molecule has 7 nitrogen and oxygen atoms in total. The van der Waals surface area contributed by atoms with Crippen molar-refractivity contribution < 1.29 is 24.2 Å². The highest BCUT2D eigenvalue weighted by molar-refractivity contribution is 8.26. The van der Waals surface area contributed by atoms with Crippen LogP contribution in [-0.2, 0) is 14.4 Å². The fraction of sp³-hybridized carbons (Fsp3) is 0.455. The number of thioether (sulfide) groups is 1. The molecule has 0 saturated carbocycles. The van der Waals surface area contributed by atoms with E-state index in [0.29, 0.717) is 34.4 Å². The Morgan fingerprint density at radius 1 is 1.16 bits per heavy atom. The van der Waals surface area contributed by atoms with Gasteiger partial charge in [0, 0.05) is 31.6 Å². The zero-order valence-corrected chi connectivity index (χ0v) is 18.9. The number of amides is 2. The quantitative estimate of drug-likeness (QED) is 0.323. The summed E-state index contributed by atoms with van der Waals surface area (Å²) < 4.78 is 6.27. The maximum absolute atomic E-state index is 12.8. The van der Waals surface area contributed by atoms with Crippen LogP contribution in [0.15, 0.2) is 29.2 Å².